The molecule has 4 saturated carbocycles. The number of benzene rings is 1. The number of methoxy groups -OCH3 is 1. The number of hydrogen-bond donors (Lipinski definition) is 12. The van der Waals surface area contributed by atoms with Crippen molar-refractivity contribution in [1.82, 2.24) is 0 Å². The van der Waals surface area contributed by atoms with E-state index in [0.717, 1.165) is 17.9 Å². The SMILES string of the molecule is COc1ccc(C=CC(=O)O[C@@H]2[C@H](O)[C@@H](O[C@@H]3O[C@@H](C)[C@H](O)[C@@H](O)[C@H]3O)[C@H](OC(=O)[C@]34CCC(C)(C)C[C@H]3C3=CC[C@@H]5[C@@]6(C)CC[C@H](O[C@@H]7O[C@H](C(=O)O)[C@@H](O)[C@H](O)[C@H]7O[C@@H]7O[C@H](CO)[C@H](O)[C@H](O)[C@H]7O)[C@@](C)(C=O)[C@@H]6CC[C@@]5(C)[C@]3(C)C[C@H]4O)O[C@@H]2C)cc1. The zero-order chi connectivity index (χ0) is 65.7. The summed E-state index contributed by atoms with van der Waals surface area (Å²) in [6.45, 7) is 14.6. The highest BCUT2D eigenvalue weighted by molar-refractivity contribution is 5.87. The van der Waals surface area contributed by atoms with Crippen molar-refractivity contribution in [1.29, 1.82) is 0 Å². The summed E-state index contributed by atoms with van der Waals surface area (Å²) in [5.74, 6) is -3.91. The molecule has 0 bridgehead atoms. The molecular formula is C64H92O26. The van der Waals surface area contributed by atoms with Crippen LogP contribution < -0.4 is 4.74 Å². The summed E-state index contributed by atoms with van der Waals surface area (Å²) >= 11 is 0. The van der Waals surface area contributed by atoms with Crippen molar-refractivity contribution < 1.29 is 128 Å². The summed E-state index contributed by atoms with van der Waals surface area (Å²) in [4.78, 5) is 55.5. The molecular weight excluding hydrogens is 1180 g/mol. The van der Waals surface area contributed by atoms with E-state index < -0.39 is 198 Å². The van der Waals surface area contributed by atoms with Crippen LogP contribution in [0.15, 0.2) is 42.0 Å². The average Bonchev–Trinajstić information content (AvgIpc) is 0.672. The number of aliphatic carboxylic acids is 1. The van der Waals surface area contributed by atoms with Crippen LogP contribution >= 0.6 is 0 Å². The molecule has 4 saturated heterocycles. The van der Waals surface area contributed by atoms with Gasteiger partial charge in [0.2, 0.25) is 6.29 Å². The van der Waals surface area contributed by atoms with Crippen LogP contribution in [0.2, 0.25) is 0 Å². The molecule has 0 unspecified atom stereocenters. The molecule has 26 nitrogen and oxygen atoms in total. The summed E-state index contributed by atoms with van der Waals surface area (Å²) in [6, 6.07) is 6.84. The molecule has 5 aliphatic carbocycles. The fraction of sp³-hybridized carbons (Fsp3) is 0.781. The number of carboxylic acids is 1. The summed E-state index contributed by atoms with van der Waals surface area (Å²) < 4.78 is 59.7. The largest absolute Gasteiger partial charge is 0.497 e. The number of esters is 2. The van der Waals surface area contributed by atoms with Crippen LogP contribution in [-0.2, 0) is 61.8 Å². The third kappa shape index (κ3) is 11.6. The highest BCUT2D eigenvalue weighted by Crippen LogP contribution is 2.76. The van der Waals surface area contributed by atoms with Crippen LogP contribution in [0.3, 0.4) is 0 Å². The van der Waals surface area contributed by atoms with Crippen molar-refractivity contribution in [3.05, 3.63) is 47.6 Å². The van der Waals surface area contributed by atoms with Crippen LogP contribution in [0.25, 0.3) is 6.08 Å². The molecule has 26 heteroatoms. The number of allylic oxidation sites excluding steroid dienone is 2. The van der Waals surface area contributed by atoms with Crippen molar-refractivity contribution in [2.24, 2.45) is 50.2 Å². The van der Waals surface area contributed by atoms with Gasteiger partial charge in [-0.1, -0.05) is 65.3 Å². The quantitative estimate of drug-likeness (QED) is 0.0375. The lowest BCUT2D eigenvalue weighted by Crippen LogP contribution is -2.69. The van der Waals surface area contributed by atoms with Crippen molar-refractivity contribution in [2.45, 2.75) is 248 Å². The Bertz CT molecular complexity index is 2830. The van der Waals surface area contributed by atoms with Crippen molar-refractivity contribution >= 4 is 30.3 Å². The van der Waals surface area contributed by atoms with Gasteiger partial charge in [-0.25, -0.2) is 9.59 Å². The van der Waals surface area contributed by atoms with E-state index in [1.807, 2.05) is 0 Å². The molecule has 0 radical (unpaired) electrons. The lowest BCUT2D eigenvalue weighted by Gasteiger charge is -2.71. The number of carbonyl (C=O) groups is 4. The highest BCUT2D eigenvalue weighted by atomic mass is 16.8. The second-order valence-electron chi connectivity index (χ2n) is 28.6. The third-order valence-corrected chi connectivity index (χ3v) is 23.1. The van der Waals surface area contributed by atoms with Gasteiger partial charge in [0, 0.05) is 6.08 Å². The monoisotopic (exact) mass is 1280 g/mol. The number of carboxylic acid groups (broad SMARTS) is 1. The van der Waals surface area contributed by atoms with Crippen LogP contribution in [0.4, 0.5) is 0 Å². The molecule has 8 fully saturated rings. The molecule has 90 heavy (non-hydrogen) atoms. The average molecular weight is 1280 g/mol. The number of ether oxygens (including phenoxy) is 10. The predicted octanol–water partition coefficient (Wildman–Crippen LogP) is 0.535. The molecule has 9 aliphatic rings. The smallest absolute Gasteiger partial charge is 0.335 e. The number of aliphatic hydroxyl groups excluding tert-OH is 11. The molecule has 1 aromatic rings. The second kappa shape index (κ2) is 25.5. The summed E-state index contributed by atoms with van der Waals surface area (Å²) in [7, 11) is 1.52. The maximum atomic E-state index is 15.7. The van der Waals surface area contributed by atoms with Gasteiger partial charge < -0.3 is 113 Å². The van der Waals surface area contributed by atoms with Crippen LogP contribution in [0.5, 0.6) is 5.75 Å². The number of aldehydes is 1. The maximum absolute atomic E-state index is 15.7. The van der Waals surface area contributed by atoms with E-state index in [4.69, 9.17) is 47.4 Å². The zero-order valence-corrected chi connectivity index (χ0v) is 52.2. The van der Waals surface area contributed by atoms with Crippen LogP contribution in [0, 0.1) is 50.2 Å². The number of aliphatic hydroxyl groups is 11. The van der Waals surface area contributed by atoms with Gasteiger partial charge in [-0.15, -0.1) is 0 Å². The Balaban J connectivity index is 0.920. The van der Waals surface area contributed by atoms with E-state index in [9.17, 15) is 75.7 Å². The zero-order valence-electron chi connectivity index (χ0n) is 52.2. The van der Waals surface area contributed by atoms with E-state index >= 15 is 4.79 Å². The van der Waals surface area contributed by atoms with Gasteiger partial charge in [-0.2, -0.15) is 0 Å². The summed E-state index contributed by atoms with van der Waals surface area (Å²) in [5, 5.41) is 132. The first-order valence-corrected chi connectivity index (χ1v) is 31.4. The van der Waals surface area contributed by atoms with E-state index in [0.29, 0.717) is 49.8 Å². The molecule has 504 valence electrons. The number of hydrogen-bond acceptors (Lipinski definition) is 25. The first-order chi connectivity index (χ1) is 42.2. The minimum atomic E-state index is -2.10. The minimum Gasteiger partial charge on any atom is -0.497 e. The van der Waals surface area contributed by atoms with E-state index in [-0.39, 0.29) is 30.6 Å². The maximum Gasteiger partial charge on any atom is 0.335 e. The van der Waals surface area contributed by atoms with Gasteiger partial charge in [-0.3, -0.25) is 4.79 Å². The normalized spacial score (nSPS) is 49.2. The molecule has 0 aromatic heterocycles. The fourth-order valence-corrected chi connectivity index (χ4v) is 17.5. The van der Waals surface area contributed by atoms with Crippen molar-refractivity contribution in [3.63, 3.8) is 0 Å². The Labute approximate surface area is 521 Å². The van der Waals surface area contributed by atoms with E-state index in [1.165, 1.54) is 27.0 Å². The molecule has 1 aromatic carbocycles. The molecule has 12 N–H and O–H groups in total. The lowest BCUT2D eigenvalue weighted by molar-refractivity contribution is -0.373. The lowest BCUT2D eigenvalue weighted by atomic mass is 9.33. The fourth-order valence-electron chi connectivity index (χ4n) is 17.5. The number of rotatable bonds is 15. The second-order valence-corrected chi connectivity index (χ2v) is 28.6. The molecule has 0 spiro atoms. The minimum absolute atomic E-state index is 0.107. The highest BCUT2D eigenvalue weighted by Gasteiger charge is 2.73. The van der Waals surface area contributed by atoms with E-state index in [1.54, 1.807) is 31.2 Å². The standard InChI is InChI=1S/C64H92O26/c1-28-40(69)42(71)46(75)54(82-28)89-52-48(77)49(86-39(68)17-12-30-10-13-31(81-9)14-11-30)29(2)83-56(52)90-58(80)64-23-22-59(3,4)24-33(64)32-15-16-36-60(5)20-19-38(61(6,27-66)35(60)18-21-62(36,7)63(32,8)25-37(64)67)85-57-51(45(74)44(73)50(87-57)53(78)79)88-55-47(76)43(72)41(70)34(26-65)84-55/h10-15,17,27-29,33-38,40-52,54-57,65,67,69-77H,16,18-26H2,1-9H3,(H,78,79)/t28-,29+,33-,34+,35+,36+,37+,38-,40-,41-,42+,43-,44-,45-,46+,47+,48-,49-,50-,51+,52+,54-,55-,56-,57+,60-,61-,62+,63+,64+/m0/s1. The number of carbonyl (C=O) groups excluding carboxylic acids is 3. The molecule has 4 aliphatic heterocycles. The Morgan fingerprint density at radius 1 is 0.633 bits per heavy atom. The Morgan fingerprint density at radius 3 is 1.90 bits per heavy atom. The molecule has 10 rings (SSSR count). The van der Waals surface area contributed by atoms with Gasteiger partial charge in [0.25, 0.3) is 0 Å². The first kappa shape index (κ1) is 68.7. The van der Waals surface area contributed by atoms with Gasteiger partial charge in [0.1, 0.15) is 84.6 Å². The van der Waals surface area contributed by atoms with Gasteiger partial charge in [0.15, 0.2) is 37.2 Å². The Kier molecular flexibility index (Phi) is 19.5. The topological polar surface area (TPSA) is 403 Å². The molecule has 4 heterocycles. The van der Waals surface area contributed by atoms with Gasteiger partial charge >= 0.3 is 17.9 Å². The Morgan fingerprint density at radius 2 is 1.27 bits per heavy atom. The number of fused-ring (bicyclic) bond motifs is 7. The van der Waals surface area contributed by atoms with Crippen LogP contribution in [-0.4, -0.2) is 234 Å². The summed E-state index contributed by atoms with van der Waals surface area (Å²) in [6.07, 6.45) is -28.0. The predicted molar refractivity (Wildman–Crippen MR) is 308 cm³/mol. The summed E-state index contributed by atoms with van der Waals surface area (Å²) in [5.41, 5.74) is -3.59. The van der Waals surface area contributed by atoms with Crippen LogP contribution in [0.1, 0.15) is 119 Å². The molecule has 30 atom stereocenters. The van der Waals surface area contributed by atoms with Crippen molar-refractivity contribution in [2.75, 3.05) is 13.7 Å². The molecule has 0 amide bonds. The van der Waals surface area contributed by atoms with Crippen molar-refractivity contribution in [3.8, 4) is 5.75 Å². The van der Waals surface area contributed by atoms with Gasteiger partial charge in [-0.05, 0) is 135 Å². The first-order valence-electron chi connectivity index (χ1n) is 31.4. The van der Waals surface area contributed by atoms with E-state index in [2.05, 4.69) is 40.7 Å². The third-order valence-electron chi connectivity index (χ3n) is 23.1. The van der Waals surface area contributed by atoms with Gasteiger partial charge in [0.05, 0.1) is 43.5 Å². The Hall–Kier alpha value is -4.14.